The van der Waals surface area contributed by atoms with Crippen molar-refractivity contribution in [2.24, 2.45) is 0 Å². The molecular weight excluding hydrogens is 308 g/mol. The maximum Gasteiger partial charge on any atom is 0.270 e. The van der Waals surface area contributed by atoms with E-state index in [0.717, 1.165) is 24.8 Å². The Kier molecular flexibility index (Phi) is 4.46. The lowest BCUT2D eigenvalue weighted by Crippen LogP contribution is -2.31. The number of hydrogen-bond donors (Lipinski definition) is 1. The van der Waals surface area contributed by atoms with Gasteiger partial charge in [-0.3, -0.25) is 14.9 Å². The predicted molar refractivity (Wildman–Crippen MR) is 89.2 cm³/mol. The van der Waals surface area contributed by atoms with Gasteiger partial charge in [0.25, 0.3) is 11.6 Å². The summed E-state index contributed by atoms with van der Waals surface area (Å²) in [5.41, 5.74) is 2.39. The minimum absolute atomic E-state index is 0.0913. The van der Waals surface area contributed by atoms with Gasteiger partial charge in [0.05, 0.1) is 23.6 Å². The number of nitro groups is 1. The van der Waals surface area contributed by atoms with Gasteiger partial charge in [0.15, 0.2) is 0 Å². The van der Waals surface area contributed by atoms with Gasteiger partial charge in [-0.25, -0.2) is 0 Å². The van der Waals surface area contributed by atoms with Crippen LogP contribution in [0.15, 0.2) is 42.5 Å². The largest absolute Gasteiger partial charge is 0.496 e. The normalized spacial score (nSPS) is 16.1. The van der Waals surface area contributed by atoms with Gasteiger partial charge in [0.2, 0.25) is 0 Å². The molecule has 0 bridgehead atoms. The second-order valence-electron chi connectivity index (χ2n) is 5.76. The maximum absolute atomic E-state index is 12.7. The molecule has 0 fully saturated rings. The number of hydrogen-bond acceptors (Lipinski definition) is 4. The Morgan fingerprint density at radius 3 is 2.83 bits per heavy atom. The highest BCUT2D eigenvalue weighted by Gasteiger charge is 2.24. The number of fused-ring (bicyclic) bond motifs is 1. The molecular formula is C18H18N2O4. The minimum Gasteiger partial charge on any atom is -0.496 e. The van der Waals surface area contributed by atoms with Crippen molar-refractivity contribution in [1.29, 1.82) is 0 Å². The SMILES string of the molecule is COc1ccc([N+](=O)[O-])cc1C(=O)N[C@H]1CCCc2ccccc21. The predicted octanol–water partition coefficient (Wildman–Crippen LogP) is 3.41. The third-order valence-electron chi connectivity index (χ3n) is 4.31. The van der Waals surface area contributed by atoms with Gasteiger partial charge >= 0.3 is 0 Å². The van der Waals surface area contributed by atoms with E-state index in [1.165, 1.54) is 30.9 Å². The van der Waals surface area contributed by atoms with Crippen LogP contribution in [-0.4, -0.2) is 17.9 Å². The highest BCUT2D eigenvalue weighted by Crippen LogP contribution is 2.31. The molecule has 0 heterocycles. The molecule has 124 valence electrons. The fraction of sp³-hybridized carbons (Fsp3) is 0.278. The number of nitrogens with one attached hydrogen (secondary N) is 1. The number of non-ortho nitro benzene ring substituents is 1. The summed E-state index contributed by atoms with van der Waals surface area (Å²) in [6, 6.07) is 12.0. The van der Waals surface area contributed by atoms with Crippen molar-refractivity contribution < 1.29 is 14.5 Å². The molecule has 0 aromatic heterocycles. The van der Waals surface area contributed by atoms with Gasteiger partial charge in [-0.2, -0.15) is 0 Å². The van der Waals surface area contributed by atoms with Crippen LogP contribution in [-0.2, 0) is 6.42 Å². The van der Waals surface area contributed by atoms with Crippen molar-refractivity contribution in [1.82, 2.24) is 5.32 Å². The molecule has 6 nitrogen and oxygen atoms in total. The first-order valence-electron chi connectivity index (χ1n) is 7.81. The highest BCUT2D eigenvalue weighted by molar-refractivity contribution is 5.97. The zero-order valence-electron chi connectivity index (χ0n) is 13.3. The summed E-state index contributed by atoms with van der Waals surface area (Å²) in [5.74, 6) is -0.0422. The van der Waals surface area contributed by atoms with Crippen molar-refractivity contribution in [3.8, 4) is 5.75 Å². The quantitative estimate of drug-likeness (QED) is 0.689. The summed E-state index contributed by atoms with van der Waals surface area (Å²) in [6.07, 6.45) is 2.84. The van der Waals surface area contributed by atoms with E-state index in [-0.39, 0.29) is 23.2 Å². The Morgan fingerprint density at radius 2 is 2.08 bits per heavy atom. The number of rotatable bonds is 4. The number of carbonyl (C=O) groups is 1. The summed E-state index contributed by atoms with van der Waals surface area (Å²) in [7, 11) is 1.44. The average molecular weight is 326 g/mol. The van der Waals surface area contributed by atoms with Crippen molar-refractivity contribution in [2.45, 2.75) is 25.3 Å². The number of nitro benzene ring substituents is 1. The maximum atomic E-state index is 12.7. The molecule has 1 aliphatic rings. The molecule has 1 atom stereocenters. The fourth-order valence-corrected chi connectivity index (χ4v) is 3.13. The lowest BCUT2D eigenvalue weighted by atomic mass is 9.87. The number of ether oxygens (including phenoxy) is 1. The van der Waals surface area contributed by atoms with E-state index in [4.69, 9.17) is 4.74 Å². The Balaban J connectivity index is 1.88. The van der Waals surface area contributed by atoms with Crippen LogP contribution < -0.4 is 10.1 Å². The van der Waals surface area contributed by atoms with E-state index in [0.29, 0.717) is 5.75 Å². The van der Waals surface area contributed by atoms with E-state index in [1.807, 2.05) is 18.2 Å². The van der Waals surface area contributed by atoms with Gasteiger partial charge < -0.3 is 10.1 Å². The van der Waals surface area contributed by atoms with E-state index >= 15 is 0 Å². The van der Waals surface area contributed by atoms with Gasteiger partial charge in [0.1, 0.15) is 5.75 Å². The zero-order valence-corrected chi connectivity index (χ0v) is 13.3. The van der Waals surface area contributed by atoms with Crippen molar-refractivity contribution in [3.05, 3.63) is 69.3 Å². The molecule has 24 heavy (non-hydrogen) atoms. The molecule has 1 aliphatic carbocycles. The monoisotopic (exact) mass is 326 g/mol. The minimum atomic E-state index is -0.522. The molecule has 1 N–H and O–H groups in total. The Morgan fingerprint density at radius 1 is 1.29 bits per heavy atom. The average Bonchev–Trinajstić information content (AvgIpc) is 2.61. The highest BCUT2D eigenvalue weighted by atomic mass is 16.6. The number of nitrogens with zero attached hydrogens (tertiary/aromatic N) is 1. The lowest BCUT2D eigenvalue weighted by molar-refractivity contribution is -0.384. The number of amides is 1. The summed E-state index contributed by atoms with van der Waals surface area (Å²) in [4.78, 5) is 23.1. The molecule has 0 aliphatic heterocycles. The van der Waals surface area contributed by atoms with Crippen LogP contribution in [0, 0.1) is 10.1 Å². The van der Waals surface area contributed by atoms with Gasteiger partial charge in [-0.15, -0.1) is 0 Å². The van der Waals surface area contributed by atoms with Crippen LogP contribution in [0.4, 0.5) is 5.69 Å². The van der Waals surface area contributed by atoms with Crippen molar-refractivity contribution >= 4 is 11.6 Å². The zero-order chi connectivity index (χ0) is 17.1. The molecule has 2 aromatic carbocycles. The lowest BCUT2D eigenvalue weighted by Gasteiger charge is -2.26. The van der Waals surface area contributed by atoms with Crippen LogP contribution in [0.1, 0.15) is 40.4 Å². The van der Waals surface area contributed by atoms with E-state index < -0.39 is 4.92 Å². The number of benzene rings is 2. The molecule has 0 saturated heterocycles. The summed E-state index contributed by atoms with van der Waals surface area (Å²) >= 11 is 0. The standard InChI is InChI=1S/C18H18N2O4/c1-24-17-10-9-13(20(22)23)11-15(17)18(21)19-16-8-4-6-12-5-2-3-7-14(12)16/h2-3,5,7,9-11,16H,4,6,8H2,1H3,(H,19,21)/t16-/m0/s1. The molecule has 1 amide bonds. The number of aryl methyl sites for hydroxylation is 1. The Bertz CT molecular complexity index is 788. The fourth-order valence-electron chi connectivity index (χ4n) is 3.13. The summed E-state index contributed by atoms with van der Waals surface area (Å²) in [6.45, 7) is 0. The number of carbonyl (C=O) groups excluding carboxylic acids is 1. The summed E-state index contributed by atoms with van der Waals surface area (Å²) < 4.78 is 5.18. The van der Waals surface area contributed by atoms with Crippen LogP contribution in [0.5, 0.6) is 5.75 Å². The first kappa shape index (κ1) is 16.0. The van der Waals surface area contributed by atoms with E-state index in [2.05, 4.69) is 11.4 Å². The van der Waals surface area contributed by atoms with Crippen molar-refractivity contribution in [2.75, 3.05) is 7.11 Å². The van der Waals surface area contributed by atoms with E-state index in [9.17, 15) is 14.9 Å². The Labute approximate surface area is 139 Å². The molecule has 3 rings (SSSR count). The van der Waals surface area contributed by atoms with Gasteiger partial charge in [-0.05, 0) is 36.5 Å². The Hall–Kier alpha value is -2.89. The third kappa shape index (κ3) is 3.08. The van der Waals surface area contributed by atoms with Gasteiger partial charge in [0, 0.05) is 12.1 Å². The van der Waals surface area contributed by atoms with Crippen LogP contribution in [0.25, 0.3) is 0 Å². The molecule has 0 unspecified atom stereocenters. The third-order valence-corrected chi connectivity index (χ3v) is 4.31. The number of methoxy groups -OCH3 is 1. The van der Waals surface area contributed by atoms with Crippen LogP contribution >= 0.6 is 0 Å². The van der Waals surface area contributed by atoms with Crippen molar-refractivity contribution in [3.63, 3.8) is 0 Å². The van der Waals surface area contributed by atoms with Crippen LogP contribution in [0.3, 0.4) is 0 Å². The molecule has 0 saturated carbocycles. The second kappa shape index (κ2) is 6.70. The molecule has 2 aromatic rings. The van der Waals surface area contributed by atoms with Crippen LogP contribution in [0.2, 0.25) is 0 Å². The first-order valence-corrected chi connectivity index (χ1v) is 7.81. The molecule has 0 spiro atoms. The smallest absolute Gasteiger partial charge is 0.270 e. The van der Waals surface area contributed by atoms with E-state index in [1.54, 1.807) is 0 Å². The first-order chi connectivity index (χ1) is 11.6. The molecule has 6 heteroatoms. The molecule has 0 radical (unpaired) electrons. The second-order valence-corrected chi connectivity index (χ2v) is 5.76. The summed E-state index contributed by atoms with van der Waals surface area (Å²) in [5, 5.41) is 14.0. The topological polar surface area (TPSA) is 81.5 Å². The van der Waals surface area contributed by atoms with Gasteiger partial charge in [-0.1, -0.05) is 24.3 Å².